The number of anilines is 1. The Labute approximate surface area is 234 Å². The Morgan fingerprint density at radius 3 is 2.42 bits per heavy atom. The first kappa shape index (κ1) is 28.1. The number of carbonyl (C=O) groups excluding carboxylic acids is 1. The van der Waals surface area contributed by atoms with Gasteiger partial charge in [0.05, 0.1) is 17.0 Å². The first-order valence-electron chi connectivity index (χ1n) is 11.4. The van der Waals surface area contributed by atoms with Crippen LogP contribution in [0.4, 0.5) is 10.1 Å². The van der Waals surface area contributed by atoms with E-state index in [9.17, 15) is 17.6 Å². The smallest absolute Gasteiger partial charge is 0.243 e. The lowest BCUT2D eigenvalue weighted by atomic mass is 10.2. The fourth-order valence-electron chi connectivity index (χ4n) is 3.73. The predicted octanol–water partition coefficient (Wildman–Crippen LogP) is 5.75. The van der Waals surface area contributed by atoms with Crippen molar-refractivity contribution in [2.45, 2.75) is 11.4 Å². The van der Waals surface area contributed by atoms with Crippen molar-refractivity contribution in [2.75, 3.05) is 25.0 Å². The number of pyridine rings is 1. The number of hydrogen-bond acceptors (Lipinski definition) is 5. The van der Waals surface area contributed by atoms with Gasteiger partial charge in [-0.15, -0.1) is 0 Å². The van der Waals surface area contributed by atoms with Gasteiger partial charge in [0, 0.05) is 57.5 Å². The number of hydrogen-bond donors (Lipinski definition) is 2. The van der Waals surface area contributed by atoms with E-state index in [0.29, 0.717) is 16.6 Å². The van der Waals surface area contributed by atoms with Gasteiger partial charge < -0.3 is 10.6 Å². The fraction of sp³-hybridized carbons (Fsp3) is 0.154. The molecule has 3 aromatic carbocycles. The zero-order valence-electron chi connectivity index (χ0n) is 19.8. The van der Waals surface area contributed by atoms with Crippen molar-refractivity contribution in [2.24, 2.45) is 0 Å². The zero-order valence-corrected chi connectivity index (χ0v) is 22.9. The zero-order chi connectivity index (χ0) is 27.3. The Bertz CT molecular complexity index is 1550. The molecule has 2 N–H and O–H groups in total. The molecule has 0 aliphatic carbocycles. The molecule has 1 aromatic heterocycles. The lowest BCUT2D eigenvalue weighted by Crippen LogP contribution is -2.41. The van der Waals surface area contributed by atoms with E-state index in [4.69, 9.17) is 34.8 Å². The number of benzene rings is 3. The minimum absolute atomic E-state index is 0.0363. The van der Waals surface area contributed by atoms with Gasteiger partial charge in [-0.1, -0.05) is 40.9 Å². The number of sulfonamides is 1. The lowest BCUT2D eigenvalue weighted by Gasteiger charge is -2.23. The molecule has 0 bridgehead atoms. The molecular formula is C26H22Cl3FN4O3S. The van der Waals surface area contributed by atoms with Crippen molar-refractivity contribution >= 4 is 67.3 Å². The quantitative estimate of drug-likeness (QED) is 0.228. The van der Waals surface area contributed by atoms with Crippen LogP contribution in [0, 0.1) is 5.82 Å². The second kappa shape index (κ2) is 12.3. The average molecular weight is 596 g/mol. The highest BCUT2D eigenvalue weighted by Crippen LogP contribution is 2.26. The summed E-state index contributed by atoms with van der Waals surface area (Å²) < 4.78 is 42.1. The van der Waals surface area contributed by atoms with Crippen molar-refractivity contribution in [3.63, 3.8) is 0 Å². The Kier molecular flexibility index (Phi) is 9.07. The van der Waals surface area contributed by atoms with E-state index >= 15 is 0 Å². The molecule has 4 aromatic rings. The minimum atomic E-state index is -4.19. The standard InChI is InChI=1S/C26H22Cl3FN4O3S/c27-17-4-7-19(8-5-17)38(36,37)34(15-21-22(29)2-1-3-23(21)30)16-26(35)33-13-12-32-24-10-11-31-25-14-18(28)6-9-20(24)25/h1-11,14H,12-13,15-16H2,(H,31,32)(H,33,35). The maximum absolute atomic E-state index is 14.5. The van der Waals surface area contributed by atoms with Crippen LogP contribution in [0.5, 0.6) is 0 Å². The SMILES string of the molecule is O=C(CN(Cc1c(F)cccc1Cl)S(=O)(=O)c1ccc(Cl)cc1)NCCNc1ccnc2cc(Cl)ccc12. The van der Waals surface area contributed by atoms with Gasteiger partial charge in [0.2, 0.25) is 15.9 Å². The number of nitrogens with one attached hydrogen (secondary N) is 2. The van der Waals surface area contributed by atoms with Crippen LogP contribution in [0.2, 0.25) is 15.1 Å². The topological polar surface area (TPSA) is 91.4 Å². The van der Waals surface area contributed by atoms with Crippen molar-refractivity contribution in [1.29, 1.82) is 0 Å². The van der Waals surface area contributed by atoms with E-state index in [2.05, 4.69) is 15.6 Å². The summed E-state index contributed by atoms with van der Waals surface area (Å²) in [6, 6.07) is 16.7. The molecule has 0 radical (unpaired) electrons. The van der Waals surface area contributed by atoms with Gasteiger partial charge in [0.1, 0.15) is 5.82 Å². The van der Waals surface area contributed by atoms with Crippen LogP contribution >= 0.6 is 34.8 Å². The normalized spacial score (nSPS) is 11.6. The molecule has 0 spiro atoms. The molecule has 198 valence electrons. The van der Waals surface area contributed by atoms with E-state index < -0.39 is 34.8 Å². The molecule has 0 saturated heterocycles. The molecule has 0 fully saturated rings. The molecule has 0 aliphatic rings. The van der Waals surface area contributed by atoms with Crippen LogP contribution in [-0.2, 0) is 21.4 Å². The third-order valence-electron chi connectivity index (χ3n) is 5.63. The van der Waals surface area contributed by atoms with Gasteiger partial charge in [0.25, 0.3) is 0 Å². The van der Waals surface area contributed by atoms with Crippen molar-refractivity contribution < 1.29 is 17.6 Å². The molecule has 7 nitrogen and oxygen atoms in total. The van der Waals surface area contributed by atoms with Crippen molar-refractivity contribution in [3.8, 4) is 0 Å². The van der Waals surface area contributed by atoms with E-state index in [1.54, 1.807) is 24.4 Å². The molecule has 1 heterocycles. The highest BCUT2D eigenvalue weighted by atomic mass is 35.5. The summed E-state index contributed by atoms with van der Waals surface area (Å²) in [5.41, 5.74) is 1.49. The Morgan fingerprint density at radius 1 is 0.947 bits per heavy atom. The summed E-state index contributed by atoms with van der Waals surface area (Å²) >= 11 is 18.1. The summed E-state index contributed by atoms with van der Waals surface area (Å²) in [5, 5.41) is 7.76. The summed E-state index contributed by atoms with van der Waals surface area (Å²) in [6.45, 7) is -0.428. The molecule has 0 unspecified atom stereocenters. The van der Waals surface area contributed by atoms with Gasteiger partial charge in [-0.25, -0.2) is 12.8 Å². The highest BCUT2D eigenvalue weighted by Gasteiger charge is 2.28. The van der Waals surface area contributed by atoms with Crippen LogP contribution in [-0.4, -0.2) is 43.2 Å². The van der Waals surface area contributed by atoms with Crippen molar-refractivity contribution in [1.82, 2.24) is 14.6 Å². The van der Waals surface area contributed by atoms with E-state index in [-0.39, 0.29) is 22.0 Å². The number of carbonyl (C=O) groups is 1. The van der Waals surface area contributed by atoms with Crippen LogP contribution in [0.15, 0.2) is 77.8 Å². The van der Waals surface area contributed by atoms with Crippen molar-refractivity contribution in [3.05, 3.63) is 99.4 Å². The highest BCUT2D eigenvalue weighted by molar-refractivity contribution is 7.89. The third-order valence-corrected chi connectivity index (χ3v) is 8.28. The number of fused-ring (bicyclic) bond motifs is 1. The second-order valence-electron chi connectivity index (χ2n) is 8.22. The summed E-state index contributed by atoms with van der Waals surface area (Å²) in [6.07, 6.45) is 1.65. The largest absolute Gasteiger partial charge is 0.383 e. The van der Waals surface area contributed by atoms with Gasteiger partial charge >= 0.3 is 0 Å². The Hall–Kier alpha value is -2.95. The average Bonchev–Trinajstić information content (AvgIpc) is 2.88. The molecule has 4 rings (SSSR count). The molecule has 1 amide bonds. The Morgan fingerprint density at radius 2 is 1.68 bits per heavy atom. The molecule has 0 atom stereocenters. The molecule has 0 aliphatic heterocycles. The first-order valence-corrected chi connectivity index (χ1v) is 14.0. The fourth-order valence-corrected chi connectivity index (χ4v) is 5.61. The van der Waals surface area contributed by atoms with Crippen LogP contribution in [0.3, 0.4) is 0 Å². The summed E-state index contributed by atoms with van der Waals surface area (Å²) in [5.74, 6) is -1.24. The van der Waals surface area contributed by atoms with Gasteiger partial charge in [-0.2, -0.15) is 4.31 Å². The number of aromatic nitrogens is 1. The van der Waals surface area contributed by atoms with Gasteiger partial charge in [-0.3, -0.25) is 9.78 Å². The van der Waals surface area contributed by atoms with Crippen LogP contribution in [0.25, 0.3) is 10.9 Å². The lowest BCUT2D eigenvalue weighted by molar-refractivity contribution is -0.121. The summed E-state index contributed by atoms with van der Waals surface area (Å²) in [7, 11) is -4.19. The van der Waals surface area contributed by atoms with Gasteiger partial charge in [0.15, 0.2) is 0 Å². The molecule has 0 saturated carbocycles. The third kappa shape index (κ3) is 6.73. The summed E-state index contributed by atoms with van der Waals surface area (Å²) in [4.78, 5) is 17.0. The number of amides is 1. The van der Waals surface area contributed by atoms with Crippen LogP contribution < -0.4 is 10.6 Å². The molecular weight excluding hydrogens is 574 g/mol. The maximum atomic E-state index is 14.5. The predicted molar refractivity (Wildman–Crippen MR) is 149 cm³/mol. The monoisotopic (exact) mass is 594 g/mol. The molecule has 38 heavy (non-hydrogen) atoms. The van der Waals surface area contributed by atoms with E-state index in [1.807, 2.05) is 6.07 Å². The molecule has 12 heteroatoms. The van der Waals surface area contributed by atoms with E-state index in [0.717, 1.165) is 20.9 Å². The Balaban J connectivity index is 1.45. The number of halogens is 4. The minimum Gasteiger partial charge on any atom is -0.383 e. The second-order valence-corrected chi connectivity index (χ2v) is 11.4. The van der Waals surface area contributed by atoms with E-state index in [1.165, 1.54) is 42.5 Å². The van der Waals surface area contributed by atoms with Crippen LogP contribution in [0.1, 0.15) is 5.56 Å². The number of rotatable bonds is 10. The van der Waals surface area contributed by atoms with Gasteiger partial charge in [-0.05, 0) is 60.7 Å². The maximum Gasteiger partial charge on any atom is 0.243 e. The number of nitrogens with zero attached hydrogens (tertiary/aromatic N) is 2. The first-order chi connectivity index (χ1) is 18.1.